The molecular weight excluding hydrogens is 264 g/mol. The molecule has 2 rings (SSSR count). The number of nitrogens with zero attached hydrogens (tertiary/aromatic N) is 1. The van der Waals surface area contributed by atoms with E-state index in [1.54, 1.807) is 7.11 Å². The van der Waals surface area contributed by atoms with Crippen molar-refractivity contribution in [1.82, 2.24) is 5.16 Å². The molecule has 2 N–H and O–H groups in total. The van der Waals surface area contributed by atoms with E-state index in [1.807, 2.05) is 24.3 Å². The van der Waals surface area contributed by atoms with E-state index in [2.05, 4.69) is 32.9 Å². The van der Waals surface area contributed by atoms with Crippen LogP contribution in [-0.4, -0.2) is 12.3 Å². The minimum absolute atomic E-state index is 0.200. The van der Waals surface area contributed by atoms with Crippen LogP contribution in [0.3, 0.4) is 0 Å². The largest absolute Gasteiger partial charge is 0.496 e. The first-order valence-corrected chi connectivity index (χ1v) is 7.22. The number of hydrogen-bond acceptors (Lipinski definition) is 4. The second kappa shape index (κ2) is 5.80. The highest BCUT2D eigenvalue weighted by molar-refractivity contribution is 5.79. The first kappa shape index (κ1) is 15.4. The average molecular weight is 288 g/mol. The quantitative estimate of drug-likeness (QED) is 0.917. The summed E-state index contributed by atoms with van der Waals surface area (Å²) in [5, 5.41) is 4.17. The minimum atomic E-state index is 0.200. The highest BCUT2D eigenvalue weighted by Crippen LogP contribution is 2.38. The van der Waals surface area contributed by atoms with E-state index in [-0.39, 0.29) is 5.41 Å². The van der Waals surface area contributed by atoms with E-state index in [0.29, 0.717) is 11.8 Å². The maximum Gasteiger partial charge on any atom is 0.230 e. The van der Waals surface area contributed by atoms with Crippen molar-refractivity contribution in [2.75, 3.05) is 12.8 Å². The van der Waals surface area contributed by atoms with Crippen molar-refractivity contribution in [1.29, 1.82) is 0 Å². The number of hydrogen-bond donors (Lipinski definition) is 1. The lowest BCUT2D eigenvalue weighted by Gasteiger charge is -2.26. The number of aromatic nitrogens is 1. The molecule has 1 heterocycles. The molecule has 21 heavy (non-hydrogen) atoms. The Kier molecular flexibility index (Phi) is 4.26. The Bertz CT molecular complexity index is 611. The van der Waals surface area contributed by atoms with Gasteiger partial charge in [-0.25, -0.2) is 0 Å². The standard InChI is InChI=1S/C17H24N2O2/c1-11(17(2,3)4)10-13-15(16(18)21-19-13)12-8-6-7-9-14(12)20-5/h6-9,11H,10,18H2,1-5H3. The Labute approximate surface area is 126 Å². The van der Waals surface area contributed by atoms with Crippen molar-refractivity contribution in [3.8, 4) is 16.9 Å². The third kappa shape index (κ3) is 3.20. The summed E-state index contributed by atoms with van der Waals surface area (Å²) in [6, 6.07) is 7.79. The van der Waals surface area contributed by atoms with Gasteiger partial charge in [-0.2, -0.15) is 0 Å². The first-order chi connectivity index (χ1) is 9.84. The monoisotopic (exact) mass is 288 g/mol. The molecule has 0 fully saturated rings. The molecule has 0 amide bonds. The summed E-state index contributed by atoms with van der Waals surface area (Å²) in [5.74, 6) is 1.57. The van der Waals surface area contributed by atoms with Gasteiger partial charge in [-0.1, -0.05) is 51.1 Å². The molecule has 0 aliphatic rings. The molecule has 1 aromatic heterocycles. The lowest BCUT2D eigenvalue weighted by molar-refractivity contribution is 0.255. The van der Waals surface area contributed by atoms with Crippen LogP contribution in [0.5, 0.6) is 5.75 Å². The molecule has 0 aliphatic heterocycles. The fraction of sp³-hybridized carbons (Fsp3) is 0.471. The van der Waals surface area contributed by atoms with Gasteiger partial charge < -0.3 is 15.0 Å². The molecule has 1 atom stereocenters. The zero-order valence-electron chi connectivity index (χ0n) is 13.4. The number of rotatable bonds is 4. The van der Waals surface area contributed by atoms with Crippen molar-refractivity contribution in [3.63, 3.8) is 0 Å². The van der Waals surface area contributed by atoms with Gasteiger partial charge in [0, 0.05) is 5.56 Å². The summed E-state index contributed by atoms with van der Waals surface area (Å²) in [6.45, 7) is 8.90. The molecular formula is C17H24N2O2. The molecule has 4 nitrogen and oxygen atoms in total. The van der Waals surface area contributed by atoms with Gasteiger partial charge in [0.15, 0.2) is 0 Å². The van der Waals surface area contributed by atoms with Crippen LogP contribution in [0.25, 0.3) is 11.1 Å². The molecule has 4 heteroatoms. The normalized spacial score (nSPS) is 13.2. The predicted octanol–water partition coefficient (Wildman–Crippen LogP) is 4.16. The number of ether oxygens (including phenoxy) is 1. The fourth-order valence-corrected chi connectivity index (χ4v) is 2.21. The van der Waals surface area contributed by atoms with E-state index in [4.69, 9.17) is 15.0 Å². The maximum absolute atomic E-state index is 6.00. The van der Waals surface area contributed by atoms with E-state index >= 15 is 0 Å². The van der Waals surface area contributed by atoms with Crippen LogP contribution < -0.4 is 10.5 Å². The molecule has 0 aliphatic carbocycles. The summed E-state index contributed by atoms with van der Waals surface area (Å²) in [6.07, 6.45) is 0.817. The van der Waals surface area contributed by atoms with Gasteiger partial charge in [0.05, 0.1) is 18.4 Å². The summed E-state index contributed by atoms with van der Waals surface area (Å²) in [7, 11) is 1.65. The van der Waals surface area contributed by atoms with Gasteiger partial charge in [-0.3, -0.25) is 0 Å². The summed E-state index contributed by atoms with van der Waals surface area (Å²) in [4.78, 5) is 0. The van der Waals surface area contributed by atoms with E-state index in [9.17, 15) is 0 Å². The zero-order valence-corrected chi connectivity index (χ0v) is 13.4. The smallest absolute Gasteiger partial charge is 0.230 e. The highest BCUT2D eigenvalue weighted by atomic mass is 16.5. The van der Waals surface area contributed by atoms with Crippen molar-refractivity contribution in [2.45, 2.75) is 34.1 Å². The van der Waals surface area contributed by atoms with Crippen LogP contribution in [0, 0.1) is 11.3 Å². The number of anilines is 1. The summed E-state index contributed by atoms with van der Waals surface area (Å²) >= 11 is 0. The van der Waals surface area contributed by atoms with Gasteiger partial charge in [0.2, 0.25) is 5.88 Å². The predicted molar refractivity (Wildman–Crippen MR) is 85.2 cm³/mol. The van der Waals surface area contributed by atoms with Crippen LogP contribution in [0.15, 0.2) is 28.8 Å². The van der Waals surface area contributed by atoms with Gasteiger partial charge in [0.1, 0.15) is 5.75 Å². The van der Waals surface area contributed by atoms with Crippen LogP contribution in [0.4, 0.5) is 5.88 Å². The average Bonchev–Trinajstić information content (AvgIpc) is 2.78. The van der Waals surface area contributed by atoms with Crippen molar-refractivity contribution < 1.29 is 9.26 Å². The third-order valence-electron chi connectivity index (χ3n) is 4.14. The van der Waals surface area contributed by atoms with Crippen LogP contribution in [-0.2, 0) is 6.42 Å². The van der Waals surface area contributed by atoms with Gasteiger partial charge in [-0.05, 0) is 23.8 Å². The fourth-order valence-electron chi connectivity index (χ4n) is 2.21. The van der Waals surface area contributed by atoms with Crippen molar-refractivity contribution >= 4 is 5.88 Å². The molecule has 0 saturated carbocycles. The Hall–Kier alpha value is -1.97. The Morgan fingerprint density at radius 1 is 1.29 bits per heavy atom. The van der Waals surface area contributed by atoms with E-state index in [0.717, 1.165) is 29.0 Å². The van der Waals surface area contributed by atoms with Gasteiger partial charge >= 0.3 is 0 Å². The second-order valence-electron chi connectivity index (χ2n) is 6.54. The number of benzene rings is 1. The molecule has 0 radical (unpaired) electrons. The molecule has 114 valence electrons. The topological polar surface area (TPSA) is 61.3 Å². The zero-order chi connectivity index (χ0) is 15.6. The van der Waals surface area contributed by atoms with Crippen molar-refractivity contribution in [3.05, 3.63) is 30.0 Å². The SMILES string of the molecule is COc1ccccc1-c1c(CC(C)C(C)(C)C)noc1N. The lowest BCUT2D eigenvalue weighted by atomic mass is 9.79. The number of para-hydroxylation sites is 1. The minimum Gasteiger partial charge on any atom is -0.496 e. The van der Waals surface area contributed by atoms with Gasteiger partial charge in [0.25, 0.3) is 0 Å². The van der Waals surface area contributed by atoms with E-state index in [1.165, 1.54) is 0 Å². The third-order valence-corrected chi connectivity index (χ3v) is 4.14. The Morgan fingerprint density at radius 2 is 1.95 bits per heavy atom. The number of nitrogens with two attached hydrogens (primary N) is 1. The number of nitrogen functional groups attached to an aromatic ring is 1. The molecule has 0 saturated heterocycles. The molecule has 0 bridgehead atoms. The molecule has 2 aromatic rings. The van der Waals surface area contributed by atoms with Crippen molar-refractivity contribution in [2.24, 2.45) is 11.3 Å². The Morgan fingerprint density at radius 3 is 2.57 bits per heavy atom. The maximum atomic E-state index is 6.00. The molecule has 1 aromatic carbocycles. The van der Waals surface area contributed by atoms with Crippen LogP contribution >= 0.6 is 0 Å². The van der Waals surface area contributed by atoms with Crippen LogP contribution in [0.2, 0.25) is 0 Å². The van der Waals surface area contributed by atoms with Gasteiger partial charge in [-0.15, -0.1) is 0 Å². The lowest BCUT2D eigenvalue weighted by Crippen LogP contribution is -2.19. The number of methoxy groups -OCH3 is 1. The second-order valence-corrected chi connectivity index (χ2v) is 6.54. The molecule has 0 spiro atoms. The molecule has 1 unspecified atom stereocenters. The van der Waals surface area contributed by atoms with Crippen LogP contribution in [0.1, 0.15) is 33.4 Å². The summed E-state index contributed by atoms with van der Waals surface area (Å²) in [5.41, 5.74) is 8.86. The van der Waals surface area contributed by atoms with E-state index < -0.39 is 0 Å². The highest BCUT2D eigenvalue weighted by Gasteiger charge is 2.25. The first-order valence-electron chi connectivity index (χ1n) is 7.22. The Balaban J connectivity index is 2.43. The summed E-state index contributed by atoms with van der Waals surface area (Å²) < 4.78 is 10.7.